The number of esters is 1. The molecule has 3 aromatic carbocycles. The van der Waals surface area contributed by atoms with Crippen molar-refractivity contribution >= 4 is 47.5 Å². The molecule has 0 atom stereocenters. The fourth-order valence-electron chi connectivity index (χ4n) is 4.16. The molecule has 8 nitrogen and oxygen atoms in total. The van der Waals surface area contributed by atoms with Crippen molar-refractivity contribution in [1.82, 2.24) is 9.55 Å². The smallest absolute Gasteiger partial charge is 0.338 e. The Morgan fingerprint density at radius 1 is 0.947 bits per heavy atom. The van der Waals surface area contributed by atoms with E-state index in [0.29, 0.717) is 24.5 Å². The van der Waals surface area contributed by atoms with Crippen LogP contribution in [0.2, 0.25) is 0 Å². The summed E-state index contributed by atoms with van der Waals surface area (Å²) >= 11 is 0. The molecule has 0 saturated carbocycles. The third-order valence-electron chi connectivity index (χ3n) is 6.11. The van der Waals surface area contributed by atoms with E-state index in [1.807, 2.05) is 41.9 Å². The van der Waals surface area contributed by atoms with Gasteiger partial charge in [-0.15, -0.1) is 24.8 Å². The summed E-state index contributed by atoms with van der Waals surface area (Å²) in [5.74, 6) is 2.62. The second-order valence-electron chi connectivity index (χ2n) is 8.47. The average Bonchev–Trinajstić information content (AvgIpc) is 3.23. The van der Waals surface area contributed by atoms with Gasteiger partial charge in [-0.05, 0) is 55.5 Å². The molecule has 38 heavy (non-hydrogen) atoms. The van der Waals surface area contributed by atoms with Crippen LogP contribution in [-0.2, 0) is 23.1 Å². The predicted octanol–water partition coefficient (Wildman–Crippen LogP) is 5.80. The monoisotopic (exact) mass is 559 g/mol. The first kappa shape index (κ1) is 29.1. The first-order chi connectivity index (χ1) is 17.6. The number of aromatic nitrogens is 2. The third kappa shape index (κ3) is 6.69. The number of hydrogen-bond acceptors (Lipinski definition) is 7. The van der Waals surface area contributed by atoms with Crippen molar-refractivity contribution in [3.05, 3.63) is 78.1 Å². The van der Waals surface area contributed by atoms with Crippen LogP contribution in [0.15, 0.2) is 66.7 Å². The maximum absolute atomic E-state index is 11.8. The van der Waals surface area contributed by atoms with E-state index in [9.17, 15) is 4.79 Å². The molecule has 0 spiro atoms. The van der Waals surface area contributed by atoms with E-state index in [2.05, 4.69) is 17.0 Å². The Hall–Kier alpha value is -3.46. The van der Waals surface area contributed by atoms with Crippen LogP contribution in [0, 0.1) is 0 Å². The van der Waals surface area contributed by atoms with Gasteiger partial charge in [0.2, 0.25) is 0 Å². The number of ether oxygens (including phenoxy) is 4. The normalized spacial score (nSPS) is 12.8. The number of carbonyl (C=O) groups is 1. The standard InChI is InChI=1S/C28H29N3O5.2ClH/c1-3-34-28(32)20-7-9-22(10-8-20)35-19-27-29-25-12-11-24(18-26(25)30(27)2)36-23-6-4-5-21(17-23)31-13-15-33-16-14-31;;/h4-12,17-18H,3,13-16,19H2,1-2H3;2*1H. The first-order valence-electron chi connectivity index (χ1n) is 12.1. The van der Waals surface area contributed by atoms with Gasteiger partial charge in [0.1, 0.15) is 29.7 Å². The van der Waals surface area contributed by atoms with Gasteiger partial charge in [0, 0.05) is 38.0 Å². The maximum Gasteiger partial charge on any atom is 0.338 e. The summed E-state index contributed by atoms with van der Waals surface area (Å²) in [6.07, 6.45) is 0. The van der Waals surface area contributed by atoms with Crippen LogP contribution in [0.3, 0.4) is 0 Å². The lowest BCUT2D eigenvalue weighted by Crippen LogP contribution is -2.36. The zero-order chi connectivity index (χ0) is 24.9. The molecule has 1 aromatic heterocycles. The predicted molar refractivity (Wildman–Crippen MR) is 151 cm³/mol. The van der Waals surface area contributed by atoms with Crippen molar-refractivity contribution in [2.75, 3.05) is 37.8 Å². The minimum absolute atomic E-state index is 0. The Kier molecular flexibility index (Phi) is 10.2. The molecule has 1 fully saturated rings. The molecule has 2 heterocycles. The molecule has 0 amide bonds. The van der Waals surface area contributed by atoms with Crippen LogP contribution in [0.5, 0.6) is 17.2 Å². The van der Waals surface area contributed by atoms with Crippen molar-refractivity contribution in [2.45, 2.75) is 13.5 Å². The maximum atomic E-state index is 11.8. The Bertz CT molecular complexity index is 1350. The Labute approximate surface area is 234 Å². The van der Waals surface area contributed by atoms with Crippen molar-refractivity contribution in [3.8, 4) is 17.2 Å². The summed E-state index contributed by atoms with van der Waals surface area (Å²) < 4.78 is 24.6. The number of anilines is 1. The number of hydrogen-bond donors (Lipinski definition) is 0. The van der Waals surface area contributed by atoms with E-state index in [1.165, 1.54) is 0 Å². The van der Waals surface area contributed by atoms with Gasteiger partial charge in [-0.2, -0.15) is 0 Å². The number of carbonyl (C=O) groups excluding carboxylic acids is 1. The van der Waals surface area contributed by atoms with Gasteiger partial charge in [0.15, 0.2) is 0 Å². The van der Waals surface area contributed by atoms with Crippen molar-refractivity contribution < 1.29 is 23.7 Å². The zero-order valence-corrected chi connectivity index (χ0v) is 22.9. The minimum Gasteiger partial charge on any atom is -0.486 e. The fourth-order valence-corrected chi connectivity index (χ4v) is 4.16. The summed E-state index contributed by atoms with van der Waals surface area (Å²) in [6.45, 7) is 5.67. The number of aryl methyl sites for hydroxylation is 1. The summed E-state index contributed by atoms with van der Waals surface area (Å²) in [7, 11) is 1.96. The van der Waals surface area contributed by atoms with E-state index in [-0.39, 0.29) is 30.8 Å². The van der Waals surface area contributed by atoms with E-state index < -0.39 is 0 Å². The summed E-state index contributed by atoms with van der Waals surface area (Å²) in [5, 5.41) is 0. The van der Waals surface area contributed by atoms with Crippen LogP contribution in [0.4, 0.5) is 5.69 Å². The first-order valence-corrected chi connectivity index (χ1v) is 12.1. The van der Waals surface area contributed by atoms with Crippen molar-refractivity contribution in [2.24, 2.45) is 7.05 Å². The van der Waals surface area contributed by atoms with Crippen LogP contribution in [-0.4, -0.2) is 48.4 Å². The van der Waals surface area contributed by atoms with Crippen LogP contribution in [0.1, 0.15) is 23.1 Å². The Morgan fingerprint density at radius 2 is 1.66 bits per heavy atom. The highest BCUT2D eigenvalue weighted by Gasteiger charge is 2.13. The number of fused-ring (bicyclic) bond motifs is 1. The second-order valence-corrected chi connectivity index (χ2v) is 8.47. The number of halogens is 2. The van der Waals surface area contributed by atoms with Gasteiger partial charge in [-0.25, -0.2) is 9.78 Å². The van der Waals surface area contributed by atoms with Gasteiger partial charge < -0.3 is 28.4 Å². The minimum atomic E-state index is -0.342. The molecule has 1 saturated heterocycles. The van der Waals surface area contributed by atoms with E-state index in [4.69, 9.17) is 23.9 Å². The van der Waals surface area contributed by atoms with Gasteiger partial charge in [0.25, 0.3) is 0 Å². The number of morpholine rings is 1. The molecule has 0 bridgehead atoms. The summed E-state index contributed by atoms with van der Waals surface area (Å²) in [6, 6.07) is 20.9. The number of nitrogens with zero attached hydrogens (tertiary/aromatic N) is 3. The molecule has 5 rings (SSSR count). The van der Waals surface area contributed by atoms with Gasteiger partial charge in [0.05, 0.1) is 36.4 Å². The van der Waals surface area contributed by atoms with Gasteiger partial charge in [-0.1, -0.05) is 6.07 Å². The highest BCUT2D eigenvalue weighted by molar-refractivity contribution is 5.89. The van der Waals surface area contributed by atoms with Crippen LogP contribution < -0.4 is 14.4 Å². The third-order valence-corrected chi connectivity index (χ3v) is 6.11. The lowest BCUT2D eigenvalue weighted by Gasteiger charge is -2.29. The van der Waals surface area contributed by atoms with Crippen molar-refractivity contribution in [3.63, 3.8) is 0 Å². The molecule has 1 aliphatic heterocycles. The van der Waals surface area contributed by atoms with Crippen LogP contribution >= 0.6 is 24.8 Å². The average molecular weight is 560 g/mol. The number of rotatable bonds is 8. The molecule has 4 aromatic rings. The van der Waals surface area contributed by atoms with Crippen LogP contribution in [0.25, 0.3) is 11.0 Å². The molecular formula is C28H31Cl2N3O5. The fraction of sp³-hybridized carbons (Fsp3) is 0.286. The van der Waals surface area contributed by atoms with Gasteiger partial charge in [-0.3, -0.25) is 0 Å². The largest absolute Gasteiger partial charge is 0.486 e. The van der Waals surface area contributed by atoms with E-state index >= 15 is 0 Å². The quantitative estimate of drug-likeness (QED) is 0.252. The Morgan fingerprint density at radius 3 is 2.39 bits per heavy atom. The van der Waals surface area contributed by atoms with E-state index in [1.54, 1.807) is 31.2 Å². The Balaban J connectivity index is 0.00000200. The second kappa shape index (κ2) is 13.4. The molecule has 0 aliphatic carbocycles. The number of imidazole rings is 1. The topological polar surface area (TPSA) is 75.1 Å². The lowest BCUT2D eigenvalue weighted by molar-refractivity contribution is 0.0526. The van der Waals surface area contributed by atoms with Gasteiger partial charge >= 0.3 is 5.97 Å². The molecule has 202 valence electrons. The number of benzene rings is 3. The highest BCUT2D eigenvalue weighted by atomic mass is 35.5. The zero-order valence-electron chi connectivity index (χ0n) is 21.3. The molecule has 0 unspecified atom stereocenters. The lowest BCUT2D eigenvalue weighted by atomic mass is 10.2. The highest BCUT2D eigenvalue weighted by Crippen LogP contribution is 2.29. The summed E-state index contributed by atoms with van der Waals surface area (Å²) in [5.41, 5.74) is 3.44. The summed E-state index contributed by atoms with van der Waals surface area (Å²) in [4.78, 5) is 18.8. The molecule has 0 radical (unpaired) electrons. The van der Waals surface area contributed by atoms with Crippen molar-refractivity contribution in [1.29, 1.82) is 0 Å². The molecule has 0 N–H and O–H groups in total. The molecule has 1 aliphatic rings. The molecular weight excluding hydrogens is 529 g/mol. The van der Waals surface area contributed by atoms with E-state index in [0.717, 1.165) is 60.3 Å². The molecule has 10 heteroatoms. The SMILES string of the molecule is CCOC(=O)c1ccc(OCc2nc3ccc(Oc4cccc(N5CCOCC5)c4)cc3n2C)cc1.Cl.Cl.